The molecule has 0 saturated heterocycles. The molecule has 142 valence electrons. The molecule has 0 aliphatic heterocycles. The van der Waals surface area contributed by atoms with Crippen molar-refractivity contribution in [2.24, 2.45) is 0 Å². The molecular weight excluding hydrogens is 356 g/mol. The van der Waals surface area contributed by atoms with Crippen LogP contribution in [0.3, 0.4) is 0 Å². The maximum atomic E-state index is 12.5. The summed E-state index contributed by atoms with van der Waals surface area (Å²) in [7, 11) is 0. The molecule has 7 heteroatoms. The Balaban J connectivity index is 1.70. The first-order valence-electron chi connectivity index (χ1n) is 8.81. The molecule has 0 unspecified atom stereocenters. The maximum Gasteiger partial charge on any atom is 0.340 e. The molecule has 1 heterocycles. The largest absolute Gasteiger partial charge is 0.462 e. The number of rotatable bonds is 6. The van der Waals surface area contributed by atoms with E-state index >= 15 is 0 Å². The van der Waals surface area contributed by atoms with Gasteiger partial charge >= 0.3 is 5.97 Å². The molecule has 2 N–H and O–H groups in total. The van der Waals surface area contributed by atoms with Gasteiger partial charge in [0.2, 0.25) is 0 Å². The topological polar surface area (TPSA) is 93.2 Å². The van der Waals surface area contributed by atoms with Crippen molar-refractivity contribution in [1.82, 2.24) is 10.2 Å². The van der Waals surface area contributed by atoms with Gasteiger partial charge < -0.3 is 15.4 Å². The van der Waals surface area contributed by atoms with Crippen LogP contribution in [0.15, 0.2) is 60.7 Å². The third-order valence-corrected chi connectivity index (χ3v) is 3.89. The van der Waals surface area contributed by atoms with Crippen LogP contribution in [0.25, 0.3) is 0 Å². The van der Waals surface area contributed by atoms with Gasteiger partial charge in [-0.15, -0.1) is 10.2 Å². The molecule has 3 aromatic rings. The summed E-state index contributed by atoms with van der Waals surface area (Å²) in [6.45, 7) is 3.99. The zero-order valence-corrected chi connectivity index (χ0v) is 15.6. The number of hydrogen-bond donors (Lipinski definition) is 2. The minimum Gasteiger partial charge on any atom is -0.462 e. The van der Waals surface area contributed by atoms with Gasteiger partial charge in [0.25, 0.3) is 5.91 Å². The third-order valence-electron chi connectivity index (χ3n) is 3.89. The number of aromatic nitrogens is 2. The van der Waals surface area contributed by atoms with Crippen LogP contribution in [0, 0.1) is 6.92 Å². The molecule has 0 bridgehead atoms. The van der Waals surface area contributed by atoms with Gasteiger partial charge in [0.15, 0.2) is 11.5 Å². The molecule has 1 aromatic heterocycles. The van der Waals surface area contributed by atoms with E-state index in [2.05, 4.69) is 20.8 Å². The number of ether oxygens (including phenoxy) is 1. The van der Waals surface area contributed by atoms with Crippen LogP contribution >= 0.6 is 0 Å². The van der Waals surface area contributed by atoms with Crippen molar-refractivity contribution in [3.8, 4) is 0 Å². The van der Waals surface area contributed by atoms with E-state index < -0.39 is 11.9 Å². The predicted molar refractivity (Wildman–Crippen MR) is 107 cm³/mol. The highest BCUT2D eigenvalue weighted by atomic mass is 16.5. The standard InChI is InChI=1S/C21H20N4O3/c1-3-28-21(27)16-6-4-5-7-17(16)23-20(26)18-12-13-19(25-24-18)22-15-10-8-14(2)9-11-15/h4-13H,3H2,1-2H3,(H,22,25)(H,23,26). The van der Waals surface area contributed by atoms with Crippen molar-refractivity contribution >= 4 is 29.1 Å². The van der Waals surface area contributed by atoms with Crippen LogP contribution < -0.4 is 10.6 Å². The molecule has 3 rings (SSSR count). The molecule has 28 heavy (non-hydrogen) atoms. The highest BCUT2D eigenvalue weighted by molar-refractivity contribution is 6.07. The van der Waals surface area contributed by atoms with Crippen LogP contribution in [0.2, 0.25) is 0 Å². The van der Waals surface area contributed by atoms with Gasteiger partial charge in [-0.05, 0) is 50.2 Å². The first kappa shape index (κ1) is 19.0. The minimum absolute atomic E-state index is 0.133. The number of aryl methyl sites for hydroxylation is 1. The van der Waals surface area contributed by atoms with Gasteiger partial charge in [0.05, 0.1) is 17.9 Å². The van der Waals surface area contributed by atoms with Crippen LogP contribution in [0.1, 0.15) is 33.3 Å². The molecule has 0 radical (unpaired) electrons. The summed E-state index contributed by atoms with van der Waals surface area (Å²) >= 11 is 0. The van der Waals surface area contributed by atoms with E-state index in [4.69, 9.17) is 4.74 Å². The maximum absolute atomic E-state index is 12.5. The zero-order valence-electron chi connectivity index (χ0n) is 15.6. The second-order valence-corrected chi connectivity index (χ2v) is 6.02. The Bertz CT molecular complexity index is 970. The fourth-order valence-corrected chi connectivity index (χ4v) is 2.47. The molecule has 0 atom stereocenters. The monoisotopic (exact) mass is 376 g/mol. The summed E-state index contributed by atoms with van der Waals surface area (Å²) in [5.74, 6) is -0.444. The summed E-state index contributed by atoms with van der Waals surface area (Å²) in [4.78, 5) is 24.5. The Kier molecular flexibility index (Phi) is 5.96. The molecule has 0 fully saturated rings. The first-order chi connectivity index (χ1) is 13.6. The normalized spacial score (nSPS) is 10.2. The number of nitrogens with zero attached hydrogens (tertiary/aromatic N) is 2. The summed E-state index contributed by atoms with van der Waals surface area (Å²) in [5.41, 5.74) is 2.80. The Hall–Kier alpha value is -3.74. The number of anilines is 3. The van der Waals surface area contributed by atoms with Crippen molar-refractivity contribution in [2.75, 3.05) is 17.2 Å². The molecule has 7 nitrogen and oxygen atoms in total. The van der Waals surface area contributed by atoms with Crippen molar-refractivity contribution in [3.05, 3.63) is 77.5 Å². The molecular formula is C21H20N4O3. The van der Waals surface area contributed by atoms with Crippen molar-refractivity contribution in [1.29, 1.82) is 0 Å². The second kappa shape index (κ2) is 8.77. The summed E-state index contributed by atoms with van der Waals surface area (Å²) in [5, 5.41) is 13.8. The smallest absolute Gasteiger partial charge is 0.340 e. The lowest BCUT2D eigenvalue weighted by Crippen LogP contribution is -2.17. The van der Waals surface area contributed by atoms with Gasteiger partial charge in [-0.1, -0.05) is 29.8 Å². The first-order valence-corrected chi connectivity index (χ1v) is 8.81. The van der Waals surface area contributed by atoms with E-state index in [1.807, 2.05) is 31.2 Å². The predicted octanol–water partition coefficient (Wildman–Crippen LogP) is 3.96. The van der Waals surface area contributed by atoms with Gasteiger partial charge in [0.1, 0.15) is 0 Å². The van der Waals surface area contributed by atoms with E-state index in [1.54, 1.807) is 43.3 Å². The van der Waals surface area contributed by atoms with E-state index in [1.165, 1.54) is 0 Å². The Morgan fingerprint density at radius 2 is 1.71 bits per heavy atom. The summed E-state index contributed by atoms with van der Waals surface area (Å²) in [6.07, 6.45) is 0. The number of benzene rings is 2. The SMILES string of the molecule is CCOC(=O)c1ccccc1NC(=O)c1ccc(Nc2ccc(C)cc2)nn1. The lowest BCUT2D eigenvalue weighted by atomic mass is 10.1. The van der Waals surface area contributed by atoms with Gasteiger partial charge in [0, 0.05) is 5.69 Å². The van der Waals surface area contributed by atoms with E-state index in [0.29, 0.717) is 11.5 Å². The van der Waals surface area contributed by atoms with E-state index in [-0.39, 0.29) is 17.9 Å². The number of esters is 1. The van der Waals surface area contributed by atoms with Crippen LogP contribution in [-0.4, -0.2) is 28.7 Å². The quantitative estimate of drug-likeness (QED) is 0.633. The van der Waals surface area contributed by atoms with Crippen molar-refractivity contribution in [2.45, 2.75) is 13.8 Å². The van der Waals surface area contributed by atoms with Crippen molar-refractivity contribution < 1.29 is 14.3 Å². The van der Waals surface area contributed by atoms with Crippen LogP contribution in [-0.2, 0) is 4.74 Å². The lowest BCUT2D eigenvalue weighted by Gasteiger charge is -2.10. The lowest BCUT2D eigenvalue weighted by molar-refractivity contribution is 0.0527. The zero-order chi connectivity index (χ0) is 19.9. The highest BCUT2D eigenvalue weighted by Gasteiger charge is 2.15. The minimum atomic E-state index is -0.498. The molecule has 0 aliphatic rings. The average molecular weight is 376 g/mol. The Labute approximate surface area is 162 Å². The molecule has 0 aliphatic carbocycles. The number of para-hydroxylation sites is 1. The summed E-state index contributed by atoms with van der Waals surface area (Å²) < 4.78 is 5.01. The average Bonchev–Trinajstić information content (AvgIpc) is 2.71. The molecule has 1 amide bonds. The third kappa shape index (κ3) is 4.70. The van der Waals surface area contributed by atoms with Gasteiger partial charge in [-0.2, -0.15) is 0 Å². The fraction of sp³-hybridized carbons (Fsp3) is 0.143. The Morgan fingerprint density at radius 3 is 2.39 bits per heavy atom. The van der Waals surface area contributed by atoms with Crippen molar-refractivity contribution in [3.63, 3.8) is 0 Å². The summed E-state index contributed by atoms with van der Waals surface area (Å²) in [6, 6.07) is 17.7. The Morgan fingerprint density at radius 1 is 0.964 bits per heavy atom. The second-order valence-electron chi connectivity index (χ2n) is 6.02. The van der Waals surface area contributed by atoms with Crippen LogP contribution in [0.4, 0.5) is 17.2 Å². The molecule has 2 aromatic carbocycles. The number of nitrogens with one attached hydrogen (secondary N) is 2. The van der Waals surface area contributed by atoms with E-state index in [0.717, 1.165) is 11.3 Å². The van der Waals surface area contributed by atoms with E-state index in [9.17, 15) is 9.59 Å². The van der Waals surface area contributed by atoms with Gasteiger partial charge in [-0.3, -0.25) is 4.79 Å². The fourth-order valence-electron chi connectivity index (χ4n) is 2.47. The highest BCUT2D eigenvalue weighted by Crippen LogP contribution is 2.18. The molecule has 0 saturated carbocycles. The molecule has 0 spiro atoms. The number of carbonyl (C=O) groups excluding carboxylic acids is 2. The van der Waals surface area contributed by atoms with Crippen LogP contribution in [0.5, 0.6) is 0 Å². The number of carbonyl (C=O) groups is 2. The van der Waals surface area contributed by atoms with Gasteiger partial charge in [-0.25, -0.2) is 4.79 Å². The number of amides is 1. The number of hydrogen-bond acceptors (Lipinski definition) is 6.